The molecule has 1 aliphatic heterocycles. The molecule has 0 radical (unpaired) electrons. The quantitative estimate of drug-likeness (QED) is 0.630. The van der Waals surface area contributed by atoms with Gasteiger partial charge in [-0.05, 0) is 29.8 Å². The van der Waals surface area contributed by atoms with Crippen LogP contribution in [0.2, 0.25) is 0 Å². The summed E-state index contributed by atoms with van der Waals surface area (Å²) in [4.78, 5) is 20.5. The van der Waals surface area contributed by atoms with Gasteiger partial charge in [-0.3, -0.25) is 9.79 Å². The molecule has 2 aromatic rings. The van der Waals surface area contributed by atoms with E-state index < -0.39 is 0 Å². The molecule has 3 rings (SSSR count). The number of hydrogen-bond donors (Lipinski definition) is 2. The van der Waals surface area contributed by atoms with Gasteiger partial charge >= 0.3 is 0 Å². The summed E-state index contributed by atoms with van der Waals surface area (Å²) < 4.78 is 0. The summed E-state index contributed by atoms with van der Waals surface area (Å²) in [6.45, 7) is 1.32. The van der Waals surface area contributed by atoms with Gasteiger partial charge in [-0.25, -0.2) is 0 Å². The summed E-state index contributed by atoms with van der Waals surface area (Å²) >= 11 is 0. The van der Waals surface area contributed by atoms with Crippen molar-refractivity contribution in [1.82, 2.24) is 10.6 Å². The molecule has 0 aromatic heterocycles. The van der Waals surface area contributed by atoms with E-state index >= 15 is 0 Å². The monoisotopic (exact) mass is 365 g/mol. The van der Waals surface area contributed by atoms with E-state index in [9.17, 15) is 4.79 Å². The maximum atomic E-state index is 12.3. The molecule has 27 heavy (non-hydrogen) atoms. The Labute approximate surface area is 160 Å². The number of aliphatic imine (C=N–C) groups is 1. The van der Waals surface area contributed by atoms with Gasteiger partial charge in [0.05, 0.1) is 6.04 Å². The van der Waals surface area contributed by atoms with E-state index in [4.69, 9.17) is 0 Å². The summed E-state index contributed by atoms with van der Waals surface area (Å²) in [6, 6.07) is 18.2. The third-order valence-electron chi connectivity index (χ3n) is 4.67. The van der Waals surface area contributed by atoms with Crippen molar-refractivity contribution in [2.24, 2.45) is 4.99 Å². The molecule has 0 aliphatic carbocycles. The van der Waals surface area contributed by atoms with Gasteiger partial charge in [-0.2, -0.15) is 0 Å². The van der Waals surface area contributed by atoms with Gasteiger partial charge in [-0.1, -0.05) is 30.3 Å². The zero-order chi connectivity index (χ0) is 19.2. The molecule has 0 saturated carbocycles. The summed E-state index contributed by atoms with van der Waals surface area (Å²) in [6.07, 6.45) is 0.465. The number of carbonyl (C=O) groups is 1. The SMILES string of the molecule is CN=C(NCc1ccc(N(C)C)cc1)NC1CC(=O)N(c2ccccc2)C1. The highest BCUT2D eigenvalue weighted by atomic mass is 16.2. The summed E-state index contributed by atoms with van der Waals surface area (Å²) in [7, 11) is 5.80. The lowest BCUT2D eigenvalue weighted by atomic mass is 10.2. The van der Waals surface area contributed by atoms with E-state index in [1.807, 2.05) is 49.3 Å². The van der Waals surface area contributed by atoms with Crippen LogP contribution in [0.3, 0.4) is 0 Å². The number of para-hydroxylation sites is 1. The molecule has 1 atom stereocenters. The zero-order valence-corrected chi connectivity index (χ0v) is 16.1. The van der Waals surface area contributed by atoms with E-state index in [0.29, 0.717) is 25.5 Å². The number of carbonyl (C=O) groups excluding carboxylic acids is 1. The molecule has 1 heterocycles. The number of amides is 1. The second-order valence-electron chi connectivity index (χ2n) is 6.87. The van der Waals surface area contributed by atoms with Gasteiger partial charge in [-0.15, -0.1) is 0 Å². The number of hydrogen-bond acceptors (Lipinski definition) is 3. The molecule has 0 bridgehead atoms. The lowest BCUT2D eigenvalue weighted by Gasteiger charge is -2.19. The summed E-state index contributed by atoms with van der Waals surface area (Å²) in [5.74, 6) is 0.841. The summed E-state index contributed by atoms with van der Waals surface area (Å²) in [5, 5.41) is 6.69. The van der Waals surface area contributed by atoms with Crippen LogP contribution in [0.15, 0.2) is 59.6 Å². The molecule has 0 spiro atoms. The van der Waals surface area contributed by atoms with Crippen molar-refractivity contribution in [3.8, 4) is 0 Å². The van der Waals surface area contributed by atoms with Gasteiger partial charge in [0.2, 0.25) is 5.91 Å². The van der Waals surface area contributed by atoms with Gasteiger partial charge in [0.1, 0.15) is 0 Å². The third kappa shape index (κ3) is 4.78. The molecular weight excluding hydrogens is 338 g/mol. The van der Waals surface area contributed by atoms with E-state index in [1.165, 1.54) is 11.3 Å². The zero-order valence-electron chi connectivity index (χ0n) is 16.1. The summed E-state index contributed by atoms with van der Waals surface area (Å²) in [5.41, 5.74) is 3.29. The lowest BCUT2D eigenvalue weighted by Crippen LogP contribution is -2.44. The van der Waals surface area contributed by atoms with Crippen LogP contribution in [0.4, 0.5) is 11.4 Å². The van der Waals surface area contributed by atoms with E-state index in [1.54, 1.807) is 7.05 Å². The van der Waals surface area contributed by atoms with Crippen molar-refractivity contribution in [3.05, 3.63) is 60.2 Å². The normalized spacial score (nSPS) is 17.1. The smallest absolute Gasteiger partial charge is 0.229 e. The second kappa shape index (κ2) is 8.58. The predicted molar refractivity (Wildman–Crippen MR) is 111 cm³/mol. The highest BCUT2D eigenvalue weighted by Gasteiger charge is 2.30. The number of anilines is 2. The van der Waals surface area contributed by atoms with Crippen LogP contribution < -0.4 is 20.4 Å². The van der Waals surface area contributed by atoms with E-state index in [0.717, 1.165) is 5.69 Å². The van der Waals surface area contributed by atoms with E-state index in [-0.39, 0.29) is 11.9 Å². The Balaban J connectivity index is 1.54. The Morgan fingerprint density at radius 3 is 2.48 bits per heavy atom. The molecule has 6 nitrogen and oxygen atoms in total. The predicted octanol–water partition coefficient (Wildman–Crippen LogP) is 2.22. The fourth-order valence-electron chi connectivity index (χ4n) is 3.15. The van der Waals surface area contributed by atoms with Crippen molar-refractivity contribution in [1.29, 1.82) is 0 Å². The molecule has 2 N–H and O–H groups in total. The molecule has 1 unspecified atom stereocenters. The number of rotatable bonds is 5. The highest BCUT2D eigenvalue weighted by Crippen LogP contribution is 2.21. The first-order valence-electron chi connectivity index (χ1n) is 9.15. The Morgan fingerprint density at radius 2 is 1.85 bits per heavy atom. The van der Waals surface area contributed by atoms with Crippen molar-refractivity contribution in [2.45, 2.75) is 19.0 Å². The average molecular weight is 365 g/mol. The second-order valence-corrected chi connectivity index (χ2v) is 6.87. The number of guanidine groups is 1. The number of benzene rings is 2. The Morgan fingerprint density at radius 1 is 1.15 bits per heavy atom. The molecule has 1 fully saturated rings. The van der Waals surface area contributed by atoms with Crippen molar-refractivity contribution in [3.63, 3.8) is 0 Å². The van der Waals surface area contributed by atoms with E-state index in [2.05, 4.69) is 44.8 Å². The molecule has 142 valence electrons. The van der Waals surface area contributed by atoms with Crippen LogP contribution in [-0.4, -0.2) is 45.6 Å². The molecular formula is C21H27N5O. The third-order valence-corrected chi connectivity index (χ3v) is 4.67. The van der Waals surface area contributed by atoms with Crippen molar-refractivity contribution in [2.75, 3.05) is 37.5 Å². The Kier molecular flexibility index (Phi) is 5.96. The fourth-order valence-corrected chi connectivity index (χ4v) is 3.15. The van der Waals surface area contributed by atoms with Gasteiger partial charge in [0, 0.05) is 52.0 Å². The lowest BCUT2D eigenvalue weighted by molar-refractivity contribution is -0.117. The topological polar surface area (TPSA) is 60.0 Å². The van der Waals surface area contributed by atoms with Crippen LogP contribution in [0.25, 0.3) is 0 Å². The minimum absolute atomic E-state index is 0.0417. The van der Waals surface area contributed by atoms with Crippen LogP contribution >= 0.6 is 0 Å². The van der Waals surface area contributed by atoms with Gasteiger partial charge < -0.3 is 20.4 Å². The highest BCUT2D eigenvalue weighted by molar-refractivity contribution is 5.97. The Hall–Kier alpha value is -3.02. The van der Waals surface area contributed by atoms with Crippen LogP contribution in [0, 0.1) is 0 Å². The number of nitrogens with one attached hydrogen (secondary N) is 2. The first kappa shape index (κ1) is 18.8. The molecule has 1 saturated heterocycles. The largest absolute Gasteiger partial charge is 0.378 e. The first-order valence-corrected chi connectivity index (χ1v) is 9.15. The van der Waals surface area contributed by atoms with Crippen LogP contribution in [0.1, 0.15) is 12.0 Å². The minimum atomic E-state index is 0.0417. The van der Waals surface area contributed by atoms with Gasteiger partial charge in [0.25, 0.3) is 0 Å². The van der Waals surface area contributed by atoms with Crippen LogP contribution in [0.5, 0.6) is 0 Å². The molecule has 2 aromatic carbocycles. The molecule has 1 amide bonds. The van der Waals surface area contributed by atoms with Crippen LogP contribution in [-0.2, 0) is 11.3 Å². The number of nitrogens with zero attached hydrogens (tertiary/aromatic N) is 3. The fraction of sp³-hybridized carbons (Fsp3) is 0.333. The van der Waals surface area contributed by atoms with Crippen molar-refractivity contribution >= 4 is 23.2 Å². The maximum Gasteiger partial charge on any atom is 0.229 e. The minimum Gasteiger partial charge on any atom is -0.378 e. The van der Waals surface area contributed by atoms with Crippen molar-refractivity contribution < 1.29 is 4.79 Å². The Bertz CT molecular complexity index is 786. The molecule has 6 heteroatoms. The van der Waals surface area contributed by atoms with Gasteiger partial charge in [0.15, 0.2) is 5.96 Å². The maximum absolute atomic E-state index is 12.3. The average Bonchev–Trinajstić information content (AvgIpc) is 3.06. The standard InChI is InChI=1S/C21H27N5O/c1-22-21(23-14-16-9-11-18(12-10-16)25(2)3)24-17-13-20(27)26(15-17)19-7-5-4-6-8-19/h4-12,17H,13-15H2,1-3H3,(H2,22,23,24). The molecule has 1 aliphatic rings. The first-order chi connectivity index (χ1) is 13.1.